The Morgan fingerprint density at radius 2 is 2.00 bits per heavy atom. The van der Waals surface area contributed by atoms with E-state index in [0.717, 1.165) is 28.0 Å². The molecule has 0 aliphatic carbocycles. The van der Waals surface area contributed by atoms with Crippen molar-refractivity contribution in [1.29, 1.82) is 0 Å². The standard InChI is InChI=1S/C14H12ClN3/c15-11-5-2-6-12-13(11)18-14(17-12)10-4-1-3-9(7-10)8-16/h1-7H,8,16H2,(H,17,18). The molecule has 90 valence electrons. The van der Waals surface area contributed by atoms with Crippen LogP contribution in [0.1, 0.15) is 5.56 Å². The lowest BCUT2D eigenvalue weighted by Gasteiger charge is -1.99. The Hall–Kier alpha value is -1.84. The van der Waals surface area contributed by atoms with Crippen LogP contribution in [0, 0.1) is 0 Å². The fourth-order valence-electron chi connectivity index (χ4n) is 1.98. The van der Waals surface area contributed by atoms with E-state index in [1.54, 1.807) is 0 Å². The predicted molar refractivity (Wildman–Crippen MR) is 74.4 cm³/mol. The Bertz CT molecular complexity index is 703. The largest absolute Gasteiger partial charge is 0.338 e. The van der Waals surface area contributed by atoms with Gasteiger partial charge >= 0.3 is 0 Å². The second kappa shape index (κ2) is 4.44. The minimum absolute atomic E-state index is 0.523. The summed E-state index contributed by atoms with van der Waals surface area (Å²) < 4.78 is 0. The maximum absolute atomic E-state index is 6.11. The number of aromatic amines is 1. The summed E-state index contributed by atoms with van der Waals surface area (Å²) in [5.41, 5.74) is 9.48. The highest BCUT2D eigenvalue weighted by Crippen LogP contribution is 2.25. The molecule has 0 aliphatic heterocycles. The maximum atomic E-state index is 6.11. The molecule has 18 heavy (non-hydrogen) atoms. The summed E-state index contributed by atoms with van der Waals surface area (Å²) in [7, 11) is 0. The molecule has 0 aliphatic rings. The van der Waals surface area contributed by atoms with Crippen molar-refractivity contribution in [3.8, 4) is 11.4 Å². The van der Waals surface area contributed by atoms with E-state index in [4.69, 9.17) is 17.3 Å². The number of hydrogen-bond donors (Lipinski definition) is 2. The van der Waals surface area contributed by atoms with Crippen LogP contribution in [0.4, 0.5) is 0 Å². The molecule has 1 aromatic heterocycles. The van der Waals surface area contributed by atoms with Crippen LogP contribution >= 0.6 is 11.6 Å². The first-order valence-corrected chi connectivity index (χ1v) is 6.09. The summed E-state index contributed by atoms with van der Waals surface area (Å²) >= 11 is 6.11. The van der Waals surface area contributed by atoms with Gasteiger partial charge < -0.3 is 10.7 Å². The summed E-state index contributed by atoms with van der Waals surface area (Å²) in [4.78, 5) is 7.80. The highest BCUT2D eigenvalue weighted by atomic mass is 35.5. The van der Waals surface area contributed by atoms with Crippen molar-refractivity contribution in [3.63, 3.8) is 0 Å². The van der Waals surface area contributed by atoms with E-state index in [9.17, 15) is 0 Å². The maximum Gasteiger partial charge on any atom is 0.138 e. The third-order valence-corrected chi connectivity index (χ3v) is 3.20. The van der Waals surface area contributed by atoms with Crippen molar-refractivity contribution in [1.82, 2.24) is 9.97 Å². The van der Waals surface area contributed by atoms with Crippen molar-refractivity contribution in [2.75, 3.05) is 0 Å². The molecule has 0 unspecified atom stereocenters. The number of hydrogen-bond acceptors (Lipinski definition) is 2. The van der Waals surface area contributed by atoms with Gasteiger partial charge in [0.2, 0.25) is 0 Å². The first-order valence-electron chi connectivity index (χ1n) is 5.71. The Morgan fingerprint density at radius 1 is 1.17 bits per heavy atom. The van der Waals surface area contributed by atoms with Gasteiger partial charge in [-0.1, -0.05) is 35.9 Å². The number of fused-ring (bicyclic) bond motifs is 1. The van der Waals surface area contributed by atoms with Gasteiger partial charge in [-0.25, -0.2) is 4.98 Å². The normalized spacial score (nSPS) is 11.0. The summed E-state index contributed by atoms with van der Waals surface area (Å²) in [5.74, 6) is 0.813. The first kappa shape index (κ1) is 11.3. The Balaban J connectivity index is 2.16. The number of aromatic nitrogens is 2. The topological polar surface area (TPSA) is 54.7 Å². The van der Waals surface area contributed by atoms with E-state index in [1.807, 2.05) is 42.5 Å². The average Bonchev–Trinajstić information content (AvgIpc) is 2.84. The number of H-pyrrole nitrogens is 1. The smallest absolute Gasteiger partial charge is 0.138 e. The number of nitrogens with one attached hydrogen (secondary N) is 1. The zero-order chi connectivity index (χ0) is 12.5. The van der Waals surface area contributed by atoms with E-state index in [-0.39, 0.29) is 0 Å². The molecule has 3 aromatic rings. The summed E-state index contributed by atoms with van der Waals surface area (Å²) in [6.45, 7) is 0.523. The lowest BCUT2D eigenvalue weighted by Crippen LogP contribution is -1.95. The van der Waals surface area contributed by atoms with E-state index in [1.165, 1.54) is 0 Å². The van der Waals surface area contributed by atoms with Gasteiger partial charge in [0.25, 0.3) is 0 Å². The lowest BCUT2D eigenvalue weighted by atomic mass is 10.1. The second-order valence-electron chi connectivity index (χ2n) is 4.13. The van der Waals surface area contributed by atoms with Crippen LogP contribution in [0.3, 0.4) is 0 Å². The number of rotatable bonds is 2. The van der Waals surface area contributed by atoms with E-state index in [0.29, 0.717) is 11.6 Å². The van der Waals surface area contributed by atoms with E-state index >= 15 is 0 Å². The fraction of sp³-hybridized carbons (Fsp3) is 0.0714. The molecule has 0 saturated carbocycles. The number of nitrogens with zero attached hydrogens (tertiary/aromatic N) is 1. The van der Waals surface area contributed by atoms with Gasteiger partial charge in [-0.05, 0) is 23.8 Å². The molecule has 3 nitrogen and oxygen atoms in total. The molecule has 0 radical (unpaired) electrons. The average molecular weight is 258 g/mol. The van der Waals surface area contributed by atoms with Crippen LogP contribution in [0.2, 0.25) is 5.02 Å². The highest BCUT2D eigenvalue weighted by Gasteiger charge is 2.07. The van der Waals surface area contributed by atoms with Crippen molar-refractivity contribution >= 4 is 22.6 Å². The molecule has 1 heterocycles. The minimum atomic E-state index is 0.523. The quantitative estimate of drug-likeness (QED) is 0.740. The zero-order valence-corrected chi connectivity index (χ0v) is 10.4. The van der Waals surface area contributed by atoms with Crippen molar-refractivity contribution in [2.24, 2.45) is 5.73 Å². The molecule has 0 spiro atoms. The molecular weight excluding hydrogens is 246 g/mol. The SMILES string of the molecule is NCc1cccc(-c2nc3c(Cl)cccc3[nH]2)c1. The lowest BCUT2D eigenvalue weighted by molar-refractivity contribution is 1.07. The van der Waals surface area contributed by atoms with Gasteiger partial charge in [0.15, 0.2) is 0 Å². The Kier molecular flexibility index (Phi) is 2.78. The molecular formula is C14H12ClN3. The molecule has 4 heteroatoms. The number of halogens is 1. The Labute approximate surface area is 110 Å². The van der Waals surface area contributed by atoms with Crippen molar-refractivity contribution < 1.29 is 0 Å². The van der Waals surface area contributed by atoms with Gasteiger partial charge in [-0.3, -0.25) is 0 Å². The highest BCUT2D eigenvalue weighted by molar-refractivity contribution is 6.34. The first-order chi connectivity index (χ1) is 8.78. The van der Waals surface area contributed by atoms with Crippen LogP contribution in [-0.4, -0.2) is 9.97 Å². The van der Waals surface area contributed by atoms with Gasteiger partial charge in [0.1, 0.15) is 11.3 Å². The van der Waals surface area contributed by atoms with Crippen LogP contribution in [0.25, 0.3) is 22.4 Å². The molecule has 0 bridgehead atoms. The molecule has 0 fully saturated rings. The number of nitrogens with two attached hydrogens (primary N) is 1. The number of imidazole rings is 1. The monoisotopic (exact) mass is 257 g/mol. The van der Waals surface area contributed by atoms with Gasteiger partial charge in [-0.2, -0.15) is 0 Å². The predicted octanol–water partition coefficient (Wildman–Crippen LogP) is 3.34. The minimum Gasteiger partial charge on any atom is -0.338 e. The number of benzene rings is 2. The van der Waals surface area contributed by atoms with Gasteiger partial charge in [0, 0.05) is 12.1 Å². The summed E-state index contributed by atoms with van der Waals surface area (Å²) in [6, 6.07) is 13.7. The second-order valence-corrected chi connectivity index (χ2v) is 4.53. The third kappa shape index (κ3) is 1.88. The molecule has 0 amide bonds. The fourth-order valence-corrected chi connectivity index (χ4v) is 2.20. The van der Waals surface area contributed by atoms with Crippen LogP contribution < -0.4 is 5.73 Å². The molecule has 0 saturated heterocycles. The molecule has 3 rings (SSSR count). The van der Waals surface area contributed by atoms with Crippen LogP contribution in [0.5, 0.6) is 0 Å². The van der Waals surface area contributed by atoms with Gasteiger partial charge in [0.05, 0.1) is 10.5 Å². The summed E-state index contributed by atoms with van der Waals surface area (Å²) in [5, 5.41) is 0.657. The van der Waals surface area contributed by atoms with E-state index in [2.05, 4.69) is 9.97 Å². The summed E-state index contributed by atoms with van der Waals surface area (Å²) in [6.07, 6.45) is 0. The molecule has 2 aromatic carbocycles. The molecule has 3 N–H and O–H groups in total. The third-order valence-electron chi connectivity index (χ3n) is 2.90. The van der Waals surface area contributed by atoms with Crippen LogP contribution in [-0.2, 0) is 6.54 Å². The van der Waals surface area contributed by atoms with E-state index < -0.39 is 0 Å². The Morgan fingerprint density at radius 3 is 2.78 bits per heavy atom. The van der Waals surface area contributed by atoms with Crippen LogP contribution in [0.15, 0.2) is 42.5 Å². The van der Waals surface area contributed by atoms with Crippen molar-refractivity contribution in [2.45, 2.75) is 6.54 Å². The molecule has 0 atom stereocenters. The van der Waals surface area contributed by atoms with Crippen molar-refractivity contribution in [3.05, 3.63) is 53.1 Å². The zero-order valence-electron chi connectivity index (χ0n) is 9.65. The van der Waals surface area contributed by atoms with Gasteiger partial charge in [-0.15, -0.1) is 0 Å². The number of para-hydroxylation sites is 1.